The summed E-state index contributed by atoms with van der Waals surface area (Å²) in [7, 11) is 1.50. The molecule has 0 radical (unpaired) electrons. The summed E-state index contributed by atoms with van der Waals surface area (Å²) in [6.07, 6.45) is 6.73. The van der Waals surface area contributed by atoms with E-state index in [1.165, 1.54) is 19.2 Å². The van der Waals surface area contributed by atoms with Gasteiger partial charge in [0, 0.05) is 37.0 Å². The first kappa shape index (κ1) is 22.2. The van der Waals surface area contributed by atoms with Crippen LogP contribution in [-0.4, -0.2) is 66.3 Å². The summed E-state index contributed by atoms with van der Waals surface area (Å²) >= 11 is 0. The summed E-state index contributed by atoms with van der Waals surface area (Å²) in [5.74, 6) is 1.27. The molecule has 6 aromatic rings. The first-order chi connectivity index (χ1) is 18.6. The van der Waals surface area contributed by atoms with Crippen molar-refractivity contribution in [2.24, 2.45) is 5.73 Å². The van der Waals surface area contributed by atoms with E-state index in [4.69, 9.17) is 25.4 Å². The fraction of sp³-hybridized carbons (Fsp3) is 0.154. The number of H-pyrrole nitrogens is 2. The Morgan fingerprint density at radius 2 is 1.82 bits per heavy atom. The Morgan fingerprint density at radius 3 is 2.66 bits per heavy atom. The summed E-state index contributed by atoms with van der Waals surface area (Å²) in [5, 5.41) is 7.50. The third kappa shape index (κ3) is 3.69. The number of anilines is 1. The molecule has 6 heterocycles. The van der Waals surface area contributed by atoms with Crippen LogP contribution < -0.4 is 15.4 Å². The summed E-state index contributed by atoms with van der Waals surface area (Å²) in [6.45, 7) is 1.50. The van der Waals surface area contributed by atoms with Crippen molar-refractivity contribution < 1.29 is 9.13 Å². The molecule has 1 saturated heterocycles. The summed E-state index contributed by atoms with van der Waals surface area (Å²) < 4.78 is 19.5. The Labute approximate surface area is 215 Å². The highest BCUT2D eigenvalue weighted by Gasteiger charge is 2.25. The number of hydrogen-bond donors (Lipinski definition) is 3. The Morgan fingerprint density at radius 1 is 0.947 bits per heavy atom. The van der Waals surface area contributed by atoms with Crippen molar-refractivity contribution in [2.45, 2.75) is 6.04 Å². The summed E-state index contributed by atoms with van der Waals surface area (Å²) in [5.41, 5.74) is 11.7. The average Bonchev–Trinajstić information content (AvgIpc) is 3.54. The van der Waals surface area contributed by atoms with Crippen LogP contribution in [0.4, 0.5) is 10.2 Å². The van der Waals surface area contributed by atoms with Crippen LogP contribution >= 0.6 is 0 Å². The van der Waals surface area contributed by atoms with Crippen LogP contribution in [-0.2, 0) is 0 Å². The predicted molar refractivity (Wildman–Crippen MR) is 140 cm³/mol. The van der Waals surface area contributed by atoms with Crippen molar-refractivity contribution in [1.82, 2.24) is 40.1 Å². The number of halogens is 1. The quantitative estimate of drug-likeness (QED) is 0.319. The highest BCUT2D eigenvalue weighted by molar-refractivity contribution is 5.95. The summed E-state index contributed by atoms with van der Waals surface area (Å²) in [6, 6.07) is 8.42. The van der Waals surface area contributed by atoms with E-state index in [2.05, 4.69) is 30.0 Å². The second kappa shape index (κ2) is 8.56. The lowest BCUT2D eigenvalue weighted by Crippen LogP contribution is -2.56. The molecule has 1 fully saturated rings. The van der Waals surface area contributed by atoms with Gasteiger partial charge in [-0.15, -0.1) is 0 Å². The molecule has 0 saturated carbocycles. The van der Waals surface area contributed by atoms with Crippen LogP contribution in [0.15, 0.2) is 55.1 Å². The maximum Gasteiger partial charge on any atom is 0.161 e. The van der Waals surface area contributed by atoms with Crippen LogP contribution in [0.5, 0.6) is 5.75 Å². The maximum absolute atomic E-state index is 14.2. The first-order valence-corrected chi connectivity index (χ1v) is 11.9. The fourth-order valence-corrected chi connectivity index (χ4v) is 4.63. The number of fused-ring (bicyclic) bond motifs is 2. The zero-order chi connectivity index (χ0) is 25.8. The molecule has 188 valence electrons. The van der Waals surface area contributed by atoms with E-state index in [0.717, 1.165) is 24.4 Å². The van der Waals surface area contributed by atoms with Crippen molar-refractivity contribution in [3.8, 4) is 39.8 Å². The van der Waals surface area contributed by atoms with E-state index in [-0.39, 0.29) is 6.04 Å². The van der Waals surface area contributed by atoms with Gasteiger partial charge < -0.3 is 20.4 Å². The van der Waals surface area contributed by atoms with Crippen molar-refractivity contribution in [3.05, 3.63) is 60.9 Å². The van der Waals surface area contributed by atoms with Crippen molar-refractivity contribution >= 4 is 27.9 Å². The third-order valence-corrected chi connectivity index (χ3v) is 6.56. The zero-order valence-electron chi connectivity index (χ0n) is 20.2. The average molecular weight is 509 g/mol. The van der Waals surface area contributed by atoms with Gasteiger partial charge in [-0.1, -0.05) is 0 Å². The Balaban J connectivity index is 1.30. The number of imidazole rings is 1. The third-order valence-electron chi connectivity index (χ3n) is 6.56. The molecule has 1 aliphatic rings. The largest absolute Gasteiger partial charge is 0.497 e. The smallest absolute Gasteiger partial charge is 0.161 e. The van der Waals surface area contributed by atoms with Crippen LogP contribution in [0.2, 0.25) is 0 Å². The van der Waals surface area contributed by atoms with Gasteiger partial charge in [0.15, 0.2) is 11.5 Å². The van der Waals surface area contributed by atoms with Gasteiger partial charge in [-0.3, -0.25) is 15.1 Å². The lowest BCUT2D eigenvalue weighted by molar-refractivity contribution is 0.411. The van der Waals surface area contributed by atoms with Gasteiger partial charge >= 0.3 is 0 Å². The van der Waals surface area contributed by atoms with Crippen LogP contribution in [0, 0.1) is 5.82 Å². The number of nitrogens with two attached hydrogens (primary N) is 1. The fourth-order valence-electron chi connectivity index (χ4n) is 4.63. The molecule has 0 amide bonds. The lowest BCUT2D eigenvalue weighted by Gasteiger charge is -2.37. The minimum absolute atomic E-state index is 0.158. The van der Waals surface area contributed by atoms with Crippen LogP contribution in [0.3, 0.4) is 0 Å². The number of aromatic amines is 2. The van der Waals surface area contributed by atoms with E-state index in [9.17, 15) is 4.39 Å². The molecule has 7 rings (SSSR count). The number of hydrogen-bond acceptors (Lipinski definition) is 9. The molecule has 0 bridgehead atoms. The molecular weight excluding hydrogens is 487 g/mol. The number of ether oxygens (including phenoxy) is 1. The molecule has 0 unspecified atom stereocenters. The van der Waals surface area contributed by atoms with Crippen molar-refractivity contribution in [2.75, 3.05) is 25.1 Å². The highest BCUT2D eigenvalue weighted by atomic mass is 19.1. The molecular formula is C26H21FN10O. The Kier molecular flexibility index (Phi) is 5.01. The lowest BCUT2D eigenvalue weighted by atomic mass is 10.1. The van der Waals surface area contributed by atoms with E-state index in [1.54, 1.807) is 30.9 Å². The van der Waals surface area contributed by atoms with Gasteiger partial charge in [0.25, 0.3) is 0 Å². The molecule has 0 spiro atoms. The molecule has 0 atom stereocenters. The minimum atomic E-state index is -0.411. The Hall–Kier alpha value is -4.97. The van der Waals surface area contributed by atoms with Gasteiger partial charge in [0.05, 0.1) is 47.9 Å². The van der Waals surface area contributed by atoms with E-state index in [1.807, 2.05) is 12.1 Å². The number of pyridine rings is 2. The maximum atomic E-state index is 14.2. The van der Waals surface area contributed by atoms with Crippen molar-refractivity contribution in [1.29, 1.82) is 0 Å². The number of methoxy groups -OCH3 is 1. The number of rotatable bonds is 5. The normalized spacial score (nSPS) is 13.8. The standard InChI is InChI=1S/C26H21FN10O/c1-38-16-5-13(4-14(27)6-16)17-7-29-9-21-23(17)34-26(33-21)25-24-19(35-36-25)3-2-18(32-24)20-8-30-10-22(31-20)37-11-15(28)12-37/h2-10,15H,11-12,28H2,1H3,(H,33,34)(H,35,36). The molecule has 12 heteroatoms. The molecule has 38 heavy (non-hydrogen) atoms. The van der Waals surface area contributed by atoms with Gasteiger partial charge in [0.1, 0.15) is 28.6 Å². The topological polar surface area (TPSA) is 147 Å². The first-order valence-electron chi connectivity index (χ1n) is 11.9. The van der Waals surface area contributed by atoms with Gasteiger partial charge in [-0.2, -0.15) is 5.10 Å². The number of aromatic nitrogens is 8. The number of nitrogens with zero attached hydrogens (tertiary/aromatic N) is 7. The van der Waals surface area contributed by atoms with Crippen LogP contribution in [0.1, 0.15) is 0 Å². The molecule has 1 aliphatic heterocycles. The van der Waals surface area contributed by atoms with E-state index < -0.39 is 5.82 Å². The predicted octanol–water partition coefficient (Wildman–Crippen LogP) is 3.32. The second-order valence-corrected chi connectivity index (χ2v) is 9.14. The SMILES string of the molecule is COc1cc(F)cc(-c2cncc3[nH]c(-c4n[nH]c5ccc(-c6cncc(N7CC(N)C7)n6)nc45)nc23)c1. The number of benzene rings is 1. The summed E-state index contributed by atoms with van der Waals surface area (Å²) in [4.78, 5) is 28.4. The molecule has 11 nitrogen and oxygen atoms in total. The molecule has 0 aliphatic carbocycles. The molecule has 1 aromatic carbocycles. The van der Waals surface area contributed by atoms with Crippen LogP contribution in [0.25, 0.3) is 56.1 Å². The van der Waals surface area contributed by atoms with Gasteiger partial charge in [-0.25, -0.2) is 19.3 Å². The van der Waals surface area contributed by atoms with E-state index in [0.29, 0.717) is 56.3 Å². The van der Waals surface area contributed by atoms with Crippen molar-refractivity contribution in [3.63, 3.8) is 0 Å². The Bertz CT molecular complexity index is 1820. The molecule has 4 N–H and O–H groups in total. The zero-order valence-corrected chi connectivity index (χ0v) is 20.2. The second-order valence-electron chi connectivity index (χ2n) is 9.14. The van der Waals surface area contributed by atoms with Gasteiger partial charge in [0.2, 0.25) is 0 Å². The highest BCUT2D eigenvalue weighted by Crippen LogP contribution is 2.33. The minimum Gasteiger partial charge on any atom is -0.497 e. The molecule has 5 aromatic heterocycles. The number of nitrogens with one attached hydrogen (secondary N) is 2. The van der Waals surface area contributed by atoms with Gasteiger partial charge in [-0.05, 0) is 29.8 Å². The monoisotopic (exact) mass is 508 g/mol. The van der Waals surface area contributed by atoms with E-state index >= 15 is 0 Å².